The van der Waals surface area contributed by atoms with Crippen LogP contribution < -0.4 is 0 Å². The van der Waals surface area contributed by atoms with Crippen LogP contribution in [0.25, 0.3) is 110 Å². The standard InChI is InChI=1S/C54H34N4/c1-3-16-36(17-4-1)47-34-48(39-28-27-35-15-7-8-18-37(35)29-39)56-54(55-47)40-30-38-19-9-10-22-42(38)51(31-40)58-50-26-14-12-24-44(50)46-32-52-45(33-53(46)58)43-23-11-13-25-49(43)57(52)41-20-5-2-6-21-41/h1-34H. The molecule has 4 heteroatoms. The van der Waals surface area contributed by atoms with Crippen molar-refractivity contribution in [1.29, 1.82) is 0 Å². The Bertz CT molecular complexity index is 3560. The van der Waals surface area contributed by atoms with E-state index in [2.05, 4.69) is 209 Å². The molecule has 0 amide bonds. The zero-order valence-corrected chi connectivity index (χ0v) is 31.4. The molecule has 4 nitrogen and oxygen atoms in total. The Balaban J connectivity index is 1.14. The molecule has 0 saturated heterocycles. The van der Waals surface area contributed by atoms with Gasteiger partial charge in [0.1, 0.15) is 0 Å². The van der Waals surface area contributed by atoms with Crippen LogP contribution >= 0.6 is 0 Å². The molecule has 12 rings (SSSR count). The van der Waals surface area contributed by atoms with Crippen molar-refractivity contribution in [3.05, 3.63) is 206 Å². The van der Waals surface area contributed by atoms with E-state index in [1.54, 1.807) is 0 Å². The molecule has 270 valence electrons. The van der Waals surface area contributed by atoms with E-state index in [0.717, 1.165) is 61.3 Å². The SMILES string of the molecule is c1ccc(-c2cc(-c3ccc4ccccc4c3)nc(-c3cc(-n4c5ccccc5c5cc6c(cc54)c4ccccc4n6-c4ccccc4)c4ccccc4c3)n2)cc1. The van der Waals surface area contributed by atoms with E-state index in [9.17, 15) is 0 Å². The zero-order chi connectivity index (χ0) is 38.2. The first-order valence-corrected chi connectivity index (χ1v) is 19.7. The van der Waals surface area contributed by atoms with Gasteiger partial charge in [-0.25, -0.2) is 9.97 Å². The molecule has 0 fully saturated rings. The summed E-state index contributed by atoms with van der Waals surface area (Å²) in [6.45, 7) is 0. The van der Waals surface area contributed by atoms with Crippen molar-refractivity contribution >= 4 is 65.2 Å². The number of fused-ring (bicyclic) bond motifs is 8. The molecule has 12 aromatic rings. The Hall–Kier alpha value is -7.82. The van der Waals surface area contributed by atoms with E-state index >= 15 is 0 Å². The van der Waals surface area contributed by atoms with Crippen molar-refractivity contribution in [2.45, 2.75) is 0 Å². The Kier molecular flexibility index (Phi) is 7.20. The lowest BCUT2D eigenvalue weighted by Gasteiger charge is -2.15. The molecular formula is C54H34N4. The van der Waals surface area contributed by atoms with Gasteiger partial charge in [0.25, 0.3) is 0 Å². The third-order valence-electron chi connectivity index (χ3n) is 11.7. The van der Waals surface area contributed by atoms with Crippen LogP contribution in [0.4, 0.5) is 0 Å². The second-order valence-corrected chi connectivity index (χ2v) is 15.0. The molecule has 0 unspecified atom stereocenters. The molecule has 0 spiro atoms. The minimum absolute atomic E-state index is 0.686. The summed E-state index contributed by atoms with van der Waals surface area (Å²) in [6, 6.07) is 73.8. The van der Waals surface area contributed by atoms with Gasteiger partial charge in [0.15, 0.2) is 5.82 Å². The molecule has 0 bridgehead atoms. The zero-order valence-electron chi connectivity index (χ0n) is 31.4. The Morgan fingerprint density at radius 1 is 0.293 bits per heavy atom. The largest absolute Gasteiger partial charge is 0.309 e. The summed E-state index contributed by atoms with van der Waals surface area (Å²) in [4.78, 5) is 10.6. The van der Waals surface area contributed by atoms with Crippen molar-refractivity contribution in [1.82, 2.24) is 19.1 Å². The van der Waals surface area contributed by atoms with Gasteiger partial charge in [-0.15, -0.1) is 0 Å². The second kappa shape index (κ2) is 12.9. The van der Waals surface area contributed by atoms with E-state index in [1.807, 2.05) is 6.07 Å². The number of rotatable bonds is 5. The minimum atomic E-state index is 0.686. The molecule has 0 atom stereocenters. The first-order valence-electron chi connectivity index (χ1n) is 19.7. The van der Waals surface area contributed by atoms with Gasteiger partial charge < -0.3 is 9.13 Å². The van der Waals surface area contributed by atoms with E-state index in [0.29, 0.717) is 5.82 Å². The summed E-state index contributed by atoms with van der Waals surface area (Å²) in [6.07, 6.45) is 0. The highest BCUT2D eigenvalue weighted by atomic mass is 15.0. The maximum atomic E-state index is 5.34. The number of benzene rings is 9. The monoisotopic (exact) mass is 738 g/mol. The smallest absolute Gasteiger partial charge is 0.160 e. The van der Waals surface area contributed by atoms with Crippen LogP contribution in [0.5, 0.6) is 0 Å². The maximum Gasteiger partial charge on any atom is 0.160 e. The van der Waals surface area contributed by atoms with Gasteiger partial charge in [-0.2, -0.15) is 0 Å². The predicted molar refractivity (Wildman–Crippen MR) is 242 cm³/mol. The van der Waals surface area contributed by atoms with Gasteiger partial charge >= 0.3 is 0 Å². The van der Waals surface area contributed by atoms with Gasteiger partial charge in [-0.3, -0.25) is 0 Å². The molecule has 0 aliphatic carbocycles. The summed E-state index contributed by atoms with van der Waals surface area (Å²) in [7, 11) is 0. The highest BCUT2D eigenvalue weighted by Crippen LogP contribution is 2.42. The first-order chi connectivity index (χ1) is 28.7. The fraction of sp³-hybridized carbons (Fsp3) is 0. The van der Waals surface area contributed by atoms with Gasteiger partial charge in [-0.05, 0) is 76.8 Å². The Morgan fingerprint density at radius 2 is 0.828 bits per heavy atom. The van der Waals surface area contributed by atoms with Crippen LogP contribution in [0.3, 0.4) is 0 Å². The molecule has 3 heterocycles. The third kappa shape index (κ3) is 5.09. The van der Waals surface area contributed by atoms with E-state index < -0.39 is 0 Å². The third-order valence-corrected chi connectivity index (χ3v) is 11.7. The average molecular weight is 739 g/mol. The summed E-state index contributed by atoms with van der Waals surface area (Å²) < 4.78 is 4.85. The van der Waals surface area contributed by atoms with Crippen LogP contribution in [-0.4, -0.2) is 19.1 Å². The summed E-state index contributed by atoms with van der Waals surface area (Å²) >= 11 is 0. The van der Waals surface area contributed by atoms with Gasteiger partial charge in [-0.1, -0.05) is 146 Å². The molecule has 58 heavy (non-hydrogen) atoms. The minimum Gasteiger partial charge on any atom is -0.309 e. The lowest BCUT2D eigenvalue weighted by atomic mass is 10.0. The molecule has 0 aliphatic rings. The van der Waals surface area contributed by atoms with Gasteiger partial charge in [0.2, 0.25) is 0 Å². The molecule has 0 saturated carbocycles. The summed E-state index contributed by atoms with van der Waals surface area (Å²) in [5.41, 5.74) is 11.8. The van der Waals surface area contributed by atoms with Crippen molar-refractivity contribution in [3.63, 3.8) is 0 Å². The van der Waals surface area contributed by atoms with Gasteiger partial charge in [0, 0.05) is 49.3 Å². The van der Waals surface area contributed by atoms with Crippen LogP contribution in [0.1, 0.15) is 0 Å². The highest BCUT2D eigenvalue weighted by Gasteiger charge is 2.21. The average Bonchev–Trinajstić information content (AvgIpc) is 3.80. The molecule has 0 aliphatic heterocycles. The molecule has 9 aromatic carbocycles. The highest BCUT2D eigenvalue weighted by molar-refractivity contribution is 6.19. The predicted octanol–water partition coefficient (Wildman–Crippen LogP) is 14.0. The first kappa shape index (κ1) is 32.4. The quantitative estimate of drug-likeness (QED) is 0.176. The maximum absolute atomic E-state index is 5.34. The topological polar surface area (TPSA) is 35.6 Å². The number of hydrogen-bond acceptors (Lipinski definition) is 2. The van der Waals surface area contributed by atoms with E-state index in [1.165, 1.54) is 43.4 Å². The lowest BCUT2D eigenvalue weighted by Crippen LogP contribution is -1.99. The fourth-order valence-electron chi connectivity index (χ4n) is 8.98. The van der Waals surface area contributed by atoms with Crippen molar-refractivity contribution in [2.75, 3.05) is 0 Å². The lowest BCUT2D eigenvalue weighted by molar-refractivity contribution is 1.17. The van der Waals surface area contributed by atoms with E-state index in [4.69, 9.17) is 9.97 Å². The van der Waals surface area contributed by atoms with Crippen molar-refractivity contribution < 1.29 is 0 Å². The molecule has 0 N–H and O–H groups in total. The number of hydrogen-bond donors (Lipinski definition) is 0. The van der Waals surface area contributed by atoms with Gasteiger partial charge in [0.05, 0.1) is 39.1 Å². The van der Waals surface area contributed by atoms with Crippen LogP contribution in [-0.2, 0) is 0 Å². The normalized spacial score (nSPS) is 11.8. The Morgan fingerprint density at radius 3 is 1.55 bits per heavy atom. The molecule has 3 aromatic heterocycles. The van der Waals surface area contributed by atoms with Crippen molar-refractivity contribution in [2.24, 2.45) is 0 Å². The van der Waals surface area contributed by atoms with Crippen LogP contribution in [0.2, 0.25) is 0 Å². The number of nitrogens with zero attached hydrogens (tertiary/aromatic N) is 4. The molecular weight excluding hydrogens is 705 g/mol. The second-order valence-electron chi connectivity index (χ2n) is 15.0. The number of aromatic nitrogens is 4. The Labute approximate surface area is 334 Å². The van der Waals surface area contributed by atoms with Crippen molar-refractivity contribution in [3.8, 4) is 45.3 Å². The van der Waals surface area contributed by atoms with E-state index in [-0.39, 0.29) is 0 Å². The van der Waals surface area contributed by atoms with Crippen LogP contribution in [0.15, 0.2) is 206 Å². The van der Waals surface area contributed by atoms with Crippen LogP contribution in [0, 0.1) is 0 Å². The summed E-state index contributed by atoms with van der Waals surface area (Å²) in [5, 5.41) is 9.54. The summed E-state index contributed by atoms with van der Waals surface area (Å²) in [5.74, 6) is 0.686. The molecule has 0 radical (unpaired) electrons. The number of para-hydroxylation sites is 3. The fourth-order valence-corrected chi connectivity index (χ4v) is 8.98.